The number of rotatable bonds is 5. The van der Waals surface area contributed by atoms with Gasteiger partial charge in [0.1, 0.15) is 0 Å². The average Bonchev–Trinajstić information content (AvgIpc) is 2.29. The van der Waals surface area contributed by atoms with Crippen LogP contribution in [0.3, 0.4) is 0 Å². The van der Waals surface area contributed by atoms with Gasteiger partial charge in [0.2, 0.25) is 0 Å². The first-order valence-electron chi connectivity index (χ1n) is 6.76. The largest absolute Gasteiger partial charge is 0.306 e. The highest BCUT2D eigenvalue weighted by Crippen LogP contribution is 2.40. The van der Waals surface area contributed by atoms with E-state index in [1.165, 1.54) is 11.1 Å². The Labute approximate surface area is 113 Å². The quantitative estimate of drug-likeness (QED) is 0.747. The molecule has 0 amide bonds. The van der Waals surface area contributed by atoms with Gasteiger partial charge < -0.3 is 4.90 Å². The fraction of sp³-hybridized carbons (Fsp3) is 0.529. The molecule has 1 aromatic carbocycles. The molecule has 0 unspecified atom stereocenters. The van der Waals surface area contributed by atoms with Crippen LogP contribution in [0.2, 0.25) is 0 Å². The van der Waals surface area contributed by atoms with Gasteiger partial charge in [-0.3, -0.25) is 0 Å². The molecule has 1 nitrogen and oxygen atoms in total. The van der Waals surface area contributed by atoms with Gasteiger partial charge >= 0.3 is 0 Å². The zero-order valence-electron chi connectivity index (χ0n) is 12.7. The van der Waals surface area contributed by atoms with E-state index in [-0.39, 0.29) is 5.41 Å². The van der Waals surface area contributed by atoms with Gasteiger partial charge in [-0.05, 0) is 36.6 Å². The summed E-state index contributed by atoms with van der Waals surface area (Å²) in [5.41, 5.74) is 2.99. The second-order valence-corrected chi connectivity index (χ2v) is 6.12. The molecule has 0 bridgehead atoms. The summed E-state index contributed by atoms with van der Waals surface area (Å²) in [6.07, 6.45) is 2.37. The fourth-order valence-corrected chi connectivity index (χ4v) is 1.96. The van der Waals surface area contributed by atoms with E-state index in [1.54, 1.807) is 0 Å². The topological polar surface area (TPSA) is 3.24 Å². The van der Waals surface area contributed by atoms with E-state index in [0.29, 0.717) is 5.92 Å². The second-order valence-electron chi connectivity index (χ2n) is 6.12. The van der Waals surface area contributed by atoms with Gasteiger partial charge in [-0.25, -0.2) is 0 Å². The first-order valence-corrected chi connectivity index (χ1v) is 6.76. The van der Waals surface area contributed by atoms with Crippen molar-refractivity contribution in [3.8, 4) is 0 Å². The van der Waals surface area contributed by atoms with Gasteiger partial charge in [-0.15, -0.1) is 0 Å². The molecule has 0 saturated heterocycles. The first-order chi connectivity index (χ1) is 8.35. The summed E-state index contributed by atoms with van der Waals surface area (Å²) in [5, 5.41) is 0. The molecule has 0 aliphatic carbocycles. The van der Waals surface area contributed by atoms with Crippen LogP contribution in [0.4, 0.5) is 0 Å². The molecule has 1 heteroatoms. The van der Waals surface area contributed by atoms with Crippen LogP contribution in [0.5, 0.6) is 0 Å². The summed E-state index contributed by atoms with van der Waals surface area (Å²) >= 11 is 0. The molecule has 0 radical (unpaired) electrons. The van der Waals surface area contributed by atoms with Crippen molar-refractivity contribution in [1.82, 2.24) is 4.90 Å². The Balaban J connectivity index is 3.15. The van der Waals surface area contributed by atoms with Crippen molar-refractivity contribution < 1.29 is 0 Å². The maximum absolute atomic E-state index is 2.37. The van der Waals surface area contributed by atoms with E-state index in [4.69, 9.17) is 0 Å². The van der Waals surface area contributed by atoms with E-state index < -0.39 is 0 Å². The molecule has 100 valence electrons. The maximum Gasteiger partial charge on any atom is 0.0163 e. The molecule has 0 heterocycles. The molecule has 0 aliphatic rings. The highest BCUT2D eigenvalue weighted by Gasteiger charge is 2.27. The number of hydrogen-bond donors (Lipinski definition) is 0. The van der Waals surface area contributed by atoms with E-state index >= 15 is 0 Å². The van der Waals surface area contributed by atoms with Crippen molar-refractivity contribution in [3.63, 3.8) is 0 Å². The number of hydrogen-bond acceptors (Lipinski definition) is 1. The fourth-order valence-electron chi connectivity index (χ4n) is 1.96. The third-order valence-electron chi connectivity index (χ3n) is 3.88. The van der Waals surface area contributed by atoms with Crippen LogP contribution in [-0.4, -0.2) is 25.5 Å². The molecule has 1 rings (SSSR count). The summed E-state index contributed by atoms with van der Waals surface area (Å²) in [6, 6.07) is 10.7. The predicted octanol–water partition coefficient (Wildman–Crippen LogP) is 4.31. The Kier molecular flexibility index (Phi) is 5.15. The molecule has 0 aromatic heterocycles. The van der Waals surface area contributed by atoms with Crippen molar-refractivity contribution in [3.05, 3.63) is 42.0 Å². The number of likely N-dealkylation sites (N-methyl/N-ethyl adjacent to an activating group) is 1. The molecular weight excluding hydrogens is 218 g/mol. The lowest BCUT2D eigenvalue weighted by Gasteiger charge is -2.33. The lowest BCUT2D eigenvalue weighted by molar-refractivity contribution is 0.347. The number of benzene rings is 1. The normalized spacial score (nSPS) is 13.4. The smallest absolute Gasteiger partial charge is 0.0163 e. The highest BCUT2D eigenvalue weighted by atomic mass is 15.0. The van der Waals surface area contributed by atoms with E-state index in [9.17, 15) is 0 Å². The van der Waals surface area contributed by atoms with Gasteiger partial charge in [0.15, 0.2) is 0 Å². The maximum atomic E-state index is 2.37. The molecule has 1 aromatic rings. The zero-order valence-corrected chi connectivity index (χ0v) is 12.7. The minimum absolute atomic E-state index is 0.192. The SMILES string of the molecule is CC(C)C(C)(C)/C(=C\CN(C)C)c1ccccc1. The van der Waals surface area contributed by atoms with Crippen LogP contribution < -0.4 is 0 Å². The molecular formula is C17H27N. The average molecular weight is 245 g/mol. The summed E-state index contributed by atoms with van der Waals surface area (Å²) < 4.78 is 0. The van der Waals surface area contributed by atoms with Crippen molar-refractivity contribution in [2.75, 3.05) is 20.6 Å². The monoisotopic (exact) mass is 245 g/mol. The van der Waals surface area contributed by atoms with Gasteiger partial charge in [0, 0.05) is 6.54 Å². The molecule has 0 spiro atoms. The molecule has 0 N–H and O–H groups in total. The molecule has 0 aliphatic heterocycles. The van der Waals surface area contributed by atoms with Crippen molar-refractivity contribution in [2.24, 2.45) is 11.3 Å². The Morgan fingerprint density at radius 1 is 1.17 bits per heavy atom. The van der Waals surface area contributed by atoms with Crippen LogP contribution in [0.1, 0.15) is 33.3 Å². The van der Waals surface area contributed by atoms with E-state index in [0.717, 1.165) is 6.54 Å². The Bertz CT molecular complexity index is 385. The minimum Gasteiger partial charge on any atom is -0.306 e. The third kappa shape index (κ3) is 3.71. The third-order valence-corrected chi connectivity index (χ3v) is 3.88. The molecule has 0 atom stereocenters. The van der Waals surface area contributed by atoms with Gasteiger partial charge in [0.25, 0.3) is 0 Å². The van der Waals surface area contributed by atoms with Crippen molar-refractivity contribution in [2.45, 2.75) is 27.7 Å². The summed E-state index contributed by atoms with van der Waals surface area (Å²) in [4.78, 5) is 2.21. The standard InChI is InChI=1S/C17H27N/c1-14(2)17(3,4)16(12-13-18(5)6)15-10-8-7-9-11-15/h7-12,14H,13H2,1-6H3/b16-12-. The predicted molar refractivity (Wildman–Crippen MR) is 81.6 cm³/mol. The van der Waals surface area contributed by atoms with Gasteiger partial charge in [-0.1, -0.05) is 64.1 Å². The van der Waals surface area contributed by atoms with E-state index in [1.807, 2.05) is 0 Å². The van der Waals surface area contributed by atoms with Crippen LogP contribution >= 0.6 is 0 Å². The van der Waals surface area contributed by atoms with Crippen LogP contribution in [0, 0.1) is 11.3 Å². The first kappa shape index (κ1) is 15.0. The second kappa shape index (κ2) is 6.19. The highest BCUT2D eigenvalue weighted by molar-refractivity contribution is 5.70. The Morgan fingerprint density at radius 2 is 1.72 bits per heavy atom. The molecule has 0 fully saturated rings. The molecule has 18 heavy (non-hydrogen) atoms. The van der Waals surface area contributed by atoms with Gasteiger partial charge in [0.05, 0.1) is 0 Å². The lowest BCUT2D eigenvalue weighted by atomic mass is 9.72. The van der Waals surface area contributed by atoms with E-state index in [2.05, 4.69) is 83.1 Å². The van der Waals surface area contributed by atoms with Crippen molar-refractivity contribution >= 4 is 5.57 Å². The number of allylic oxidation sites excluding steroid dienone is 1. The lowest BCUT2D eigenvalue weighted by Crippen LogP contribution is -2.22. The number of nitrogens with zero attached hydrogens (tertiary/aromatic N) is 1. The van der Waals surface area contributed by atoms with Crippen LogP contribution in [0.25, 0.3) is 5.57 Å². The van der Waals surface area contributed by atoms with Gasteiger partial charge in [-0.2, -0.15) is 0 Å². The minimum atomic E-state index is 0.192. The molecule has 0 saturated carbocycles. The summed E-state index contributed by atoms with van der Waals surface area (Å²) in [6.45, 7) is 10.3. The van der Waals surface area contributed by atoms with Crippen molar-refractivity contribution in [1.29, 1.82) is 0 Å². The summed E-state index contributed by atoms with van der Waals surface area (Å²) in [7, 11) is 4.23. The Morgan fingerprint density at radius 3 is 2.17 bits per heavy atom. The zero-order chi connectivity index (χ0) is 13.8. The van der Waals surface area contributed by atoms with Crippen LogP contribution in [-0.2, 0) is 0 Å². The Hall–Kier alpha value is -1.08. The van der Waals surface area contributed by atoms with Crippen LogP contribution in [0.15, 0.2) is 36.4 Å². The summed E-state index contributed by atoms with van der Waals surface area (Å²) in [5.74, 6) is 0.617.